The van der Waals surface area contributed by atoms with E-state index in [-0.39, 0.29) is 4.90 Å². The van der Waals surface area contributed by atoms with Crippen molar-refractivity contribution in [3.05, 3.63) is 60.9 Å². The monoisotopic (exact) mass is 380 g/mol. The summed E-state index contributed by atoms with van der Waals surface area (Å²) in [6.07, 6.45) is 3.21. The summed E-state index contributed by atoms with van der Waals surface area (Å²) in [5.41, 5.74) is 1.56. The summed E-state index contributed by atoms with van der Waals surface area (Å²) in [4.78, 5) is 2.16. The van der Waals surface area contributed by atoms with Gasteiger partial charge >= 0.3 is 0 Å². The summed E-state index contributed by atoms with van der Waals surface area (Å²) in [6, 6.07) is 16.3. The minimum absolute atomic E-state index is 0.188. The first-order valence-corrected chi connectivity index (χ1v) is 10.1. The lowest BCUT2D eigenvalue weighted by molar-refractivity contribution is 0.480. The van der Waals surface area contributed by atoms with Gasteiger partial charge < -0.3 is 14.1 Å². The van der Waals surface area contributed by atoms with Crippen molar-refractivity contribution in [3.63, 3.8) is 0 Å². The Balaban J connectivity index is 1.50. The molecule has 1 aromatic heterocycles. The fourth-order valence-corrected chi connectivity index (χ4v) is 4.75. The second-order valence-electron chi connectivity index (χ2n) is 6.47. The van der Waals surface area contributed by atoms with Crippen LogP contribution < -0.4 is 9.64 Å². The maximum Gasteiger partial charge on any atom is 0.286 e. The molecule has 2 aromatic carbocycles. The van der Waals surface area contributed by atoms with Crippen LogP contribution in [0.15, 0.2) is 74.6 Å². The zero-order chi connectivity index (χ0) is 18.4. The van der Waals surface area contributed by atoms with Crippen molar-refractivity contribution in [1.82, 2.24) is 0 Å². The fraction of sp³-hybridized carbons (Fsp3) is 0.150. The number of hydrogen-bond acceptors (Lipinski definition) is 5. The highest BCUT2D eigenvalue weighted by atomic mass is 32.2. The summed E-state index contributed by atoms with van der Waals surface area (Å²) < 4.78 is 40.4. The molecule has 5 rings (SSSR count). The Morgan fingerprint density at radius 2 is 1.93 bits per heavy atom. The van der Waals surface area contributed by atoms with Crippen LogP contribution in [0, 0.1) is 0 Å². The van der Waals surface area contributed by atoms with Gasteiger partial charge in [0.1, 0.15) is 28.0 Å². The van der Waals surface area contributed by atoms with E-state index in [4.69, 9.17) is 9.15 Å². The molecule has 3 heterocycles. The number of fused-ring (bicyclic) bond motifs is 3. The first-order chi connectivity index (χ1) is 13.1. The molecular weight excluding hydrogens is 364 g/mol. The van der Waals surface area contributed by atoms with Gasteiger partial charge in [-0.05, 0) is 42.8 Å². The predicted molar refractivity (Wildman–Crippen MR) is 102 cm³/mol. The van der Waals surface area contributed by atoms with E-state index in [1.807, 2.05) is 41.3 Å². The number of rotatable bonds is 3. The second kappa shape index (κ2) is 5.99. The molecule has 27 heavy (non-hydrogen) atoms. The molecule has 0 spiro atoms. The van der Waals surface area contributed by atoms with Crippen LogP contribution in [0.5, 0.6) is 11.5 Å². The molecule has 3 aromatic rings. The van der Waals surface area contributed by atoms with Gasteiger partial charge in [0, 0.05) is 24.6 Å². The van der Waals surface area contributed by atoms with Crippen LogP contribution in [0.2, 0.25) is 0 Å². The lowest BCUT2D eigenvalue weighted by atomic mass is 10.1. The topological polar surface area (TPSA) is 72.1 Å². The maximum atomic E-state index is 12.5. The van der Waals surface area contributed by atoms with Crippen LogP contribution in [0.4, 0.5) is 5.69 Å². The normalized spacial score (nSPS) is 17.2. The molecule has 2 aliphatic heterocycles. The molecule has 136 valence electrons. The van der Waals surface area contributed by atoms with Gasteiger partial charge in [-0.3, -0.25) is 0 Å². The Morgan fingerprint density at radius 3 is 2.78 bits per heavy atom. The molecule has 0 unspecified atom stereocenters. The molecule has 0 bridgehead atoms. The number of nitrogens with zero attached hydrogens (tertiary/aromatic N) is 2. The molecule has 0 radical (unpaired) electrons. The van der Waals surface area contributed by atoms with E-state index in [2.05, 4.69) is 4.40 Å². The fourth-order valence-electron chi connectivity index (χ4n) is 3.48. The summed E-state index contributed by atoms with van der Waals surface area (Å²) >= 11 is 0. The lowest BCUT2D eigenvalue weighted by Gasteiger charge is -2.25. The average Bonchev–Trinajstić information content (AvgIpc) is 3.33. The molecule has 0 aliphatic carbocycles. The summed E-state index contributed by atoms with van der Waals surface area (Å²) in [5.74, 6) is 2.42. The van der Waals surface area contributed by atoms with E-state index < -0.39 is 10.0 Å². The largest absolute Gasteiger partial charge is 0.464 e. The van der Waals surface area contributed by atoms with Crippen LogP contribution in [0.25, 0.3) is 11.3 Å². The van der Waals surface area contributed by atoms with E-state index in [9.17, 15) is 8.42 Å². The van der Waals surface area contributed by atoms with Crippen molar-refractivity contribution in [2.75, 3.05) is 11.4 Å². The number of anilines is 1. The Bertz CT molecular complexity index is 1150. The van der Waals surface area contributed by atoms with Gasteiger partial charge in [-0.15, -0.1) is 4.40 Å². The van der Waals surface area contributed by atoms with Gasteiger partial charge in [0.25, 0.3) is 10.0 Å². The molecule has 0 saturated carbocycles. The number of sulfonamides is 1. The smallest absolute Gasteiger partial charge is 0.286 e. The van der Waals surface area contributed by atoms with Crippen LogP contribution >= 0.6 is 0 Å². The summed E-state index contributed by atoms with van der Waals surface area (Å²) in [5, 5.41) is 0. The van der Waals surface area contributed by atoms with Crippen LogP contribution in [-0.2, 0) is 10.0 Å². The van der Waals surface area contributed by atoms with Gasteiger partial charge in [-0.25, -0.2) is 0 Å². The lowest BCUT2D eigenvalue weighted by Crippen LogP contribution is -2.30. The maximum absolute atomic E-state index is 12.5. The van der Waals surface area contributed by atoms with Gasteiger partial charge in [0.05, 0.1) is 12.0 Å². The van der Waals surface area contributed by atoms with E-state index >= 15 is 0 Å². The summed E-state index contributed by atoms with van der Waals surface area (Å²) in [7, 11) is -3.70. The number of benzene rings is 2. The zero-order valence-electron chi connectivity index (χ0n) is 14.3. The minimum atomic E-state index is -3.70. The number of amidine groups is 1. The Labute approximate surface area is 156 Å². The van der Waals surface area contributed by atoms with Crippen molar-refractivity contribution in [3.8, 4) is 22.8 Å². The summed E-state index contributed by atoms with van der Waals surface area (Å²) in [6.45, 7) is 0.784. The Kier molecular flexibility index (Phi) is 3.58. The highest BCUT2D eigenvalue weighted by Gasteiger charge is 2.33. The van der Waals surface area contributed by atoms with E-state index in [1.54, 1.807) is 24.5 Å². The van der Waals surface area contributed by atoms with Crippen LogP contribution in [0.3, 0.4) is 0 Å². The highest BCUT2D eigenvalue weighted by molar-refractivity contribution is 7.90. The third-order valence-corrected chi connectivity index (χ3v) is 6.03. The number of ether oxygens (including phenoxy) is 1. The second-order valence-corrected chi connectivity index (χ2v) is 8.05. The van der Waals surface area contributed by atoms with Gasteiger partial charge in [0.15, 0.2) is 0 Å². The molecule has 0 atom stereocenters. The minimum Gasteiger partial charge on any atom is -0.464 e. The molecule has 7 heteroatoms. The van der Waals surface area contributed by atoms with E-state index in [0.29, 0.717) is 29.4 Å². The number of hydrogen-bond donors (Lipinski definition) is 0. The van der Waals surface area contributed by atoms with E-state index in [1.165, 1.54) is 0 Å². The van der Waals surface area contributed by atoms with E-state index in [0.717, 1.165) is 24.3 Å². The molecular formula is C20H16N2O4S. The van der Waals surface area contributed by atoms with Crippen molar-refractivity contribution in [2.45, 2.75) is 17.7 Å². The van der Waals surface area contributed by atoms with Gasteiger partial charge in [0.2, 0.25) is 0 Å². The molecule has 1 saturated heterocycles. The average molecular weight is 380 g/mol. The zero-order valence-corrected chi connectivity index (χ0v) is 15.1. The van der Waals surface area contributed by atoms with Crippen molar-refractivity contribution in [2.24, 2.45) is 4.40 Å². The molecule has 6 nitrogen and oxygen atoms in total. The number of furan rings is 1. The van der Waals surface area contributed by atoms with Crippen LogP contribution in [0.1, 0.15) is 12.8 Å². The van der Waals surface area contributed by atoms with Crippen molar-refractivity contribution < 1.29 is 17.6 Å². The first kappa shape index (κ1) is 16.1. The quantitative estimate of drug-likeness (QED) is 0.672. The Morgan fingerprint density at radius 1 is 1.04 bits per heavy atom. The predicted octanol–water partition coefficient (Wildman–Crippen LogP) is 4.44. The third kappa shape index (κ3) is 2.80. The SMILES string of the molecule is O=S1(=O)N=C2CCCN2c2ccc(Oc3cccc(-c4ccco4)c3)cc21. The van der Waals surface area contributed by atoms with Gasteiger partial charge in [-0.1, -0.05) is 12.1 Å². The van der Waals surface area contributed by atoms with Crippen molar-refractivity contribution in [1.29, 1.82) is 0 Å². The standard InChI is InChI=1S/C20H16N2O4S/c23-27(24)19-13-16(8-9-17(19)22-10-2-7-20(22)21-27)26-15-5-1-4-14(12-15)18-6-3-11-25-18/h1,3-6,8-9,11-13H,2,7,10H2. The first-order valence-electron chi connectivity index (χ1n) is 8.67. The third-order valence-electron chi connectivity index (χ3n) is 4.69. The molecule has 0 N–H and O–H groups in total. The van der Waals surface area contributed by atoms with Crippen LogP contribution in [-0.4, -0.2) is 20.8 Å². The molecule has 1 fully saturated rings. The highest BCUT2D eigenvalue weighted by Crippen LogP contribution is 2.38. The van der Waals surface area contributed by atoms with Crippen molar-refractivity contribution >= 4 is 21.5 Å². The Hall–Kier alpha value is -3.06. The van der Waals surface area contributed by atoms with Gasteiger partial charge in [-0.2, -0.15) is 8.42 Å². The molecule has 0 amide bonds. The molecule has 2 aliphatic rings.